The van der Waals surface area contributed by atoms with Gasteiger partial charge in [0.25, 0.3) is 5.91 Å². The van der Waals surface area contributed by atoms with Gasteiger partial charge in [-0.25, -0.2) is 9.78 Å². The average Bonchev–Trinajstić information content (AvgIpc) is 2.49. The van der Waals surface area contributed by atoms with Crippen LogP contribution in [0.2, 0.25) is 15.1 Å². The minimum atomic E-state index is -1.15. The SMILES string of the molecule is CC(OC(=O)c1ccc(Cl)cc1O)C(=O)Nc1ncc(Cl)cc1Cl. The molecule has 1 heterocycles. The number of hydrogen-bond acceptors (Lipinski definition) is 5. The van der Waals surface area contributed by atoms with Crippen molar-refractivity contribution in [1.29, 1.82) is 0 Å². The summed E-state index contributed by atoms with van der Waals surface area (Å²) in [6.45, 7) is 1.37. The highest BCUT2D eigenvalue weighted by Gasteiger charge is 2.22. The normalized spacial score (nSPS) is 11.7. The second-order valence-corrected chi connectivity index (χ2v) is 5.96. The van der Waals surface area contributed by atoms with Crippen LogP contribution >= 0.6 is 34.8 Å². The van der Waals surface area contributed by atoms with Crippen LogP contribution in [0.5, 0.6) is 5.75 Å². The molecular weight excluding hydrogens is 379 g/mol. The van der Waals surface area contributed by atoms with E-state index >= 15 is 0 Å². The number of pyridine rings is 1. The Morgan fingerprint density at radius 1 is 1.21 bits per heavy atom. The van der Waals surface area contributed by atoms with Gasteiger partial charge < -0.3 is 15.2 Å². The largest absolute Gasteiger partial charge is 0.507 e. The minimum absolute atomic E-state index is 0.0864. The first-order valence-corrected chi connectivity index (χ1v) is 7.72. The molecule has 0 fully saturated rings. The smallest absolute Gasteiger partial charge is 0.342 e. The number of ether oxygens (including phenoxy) is 1. The Morgan fingerprint density at radius 3 is 2.54 bits per heavy atom. The Hall–Kier alpha value is -2.02. The quantitative estimate of drug-likeness (QED) is 0.773. The summed E-state index contributed by atoms with van der Waals surface area (Å²) in [7, 11) is 0. The molecule has 2 N–H and O–H groups in total. The third-order valence-corrected chi connectivity index (χ3v) is 3.61. The van der Waals surface area contributed by atoms with Gasteiger partial charge in [-0.1, -0.05) is 34.8 Å². The summed E-state index contributed by atoms with van der Waals surface area (Å²) >= 11 is 17.3. The number of benzene rings is 1. The maximum absolute atomic E-state index is 12.1. The molecule has 0 radical (unpaired) electrons. The van der Waals surface area contributed by atoms with Crippen LogP contribution in [0.3, 0.4) is 0 Å². The fraction of sp³-hybridized carbons (Fsp3) is 0.133. The summed E-state index contributed by atoms with van der Waals surface area (Å²) in [6.07, 6.45) is 0.159. The summed E-state index contributed by atoms with van der Waals surface area (Å²) < 4.78 is 5.00. The highest BCUT2D eigenvalue weighted by molar-refractivity contribution is 6.36. The number of nitrogens with one attached hydrogen (secondary N) is 1. The molecule has 9 heteroatoms. The molecule has 0 spiro atoms. The predicted octanol–water partition coefficient (Wildman–Crippen LogP) is 3.93. The number of halogens is 3. The van der Waals surface area contributed by atoms with E-state index in [-0.39, 0.29) is 27.2 Å². The molecule has 24 heavy (non-hydrogen) atoms. The van der Waals surface area contributed by atoms with Crippen LogP contribution in [-0.2, 0) is 9.53 Å². The Morgan fingerprint density at radius 2 is 1.92 bits per heavy atom. The van der Waals surface area contributed by atoms with Gasteiger partial charge >= 0.3 is 5.97 Å². The predicted molar refractivity (Wildman–Crippen MR) is 90.9 cm³/mol. The zero-order valence-electron chi connectivity index (χ0n) is 12.2. The Kier molecular flexibility index (Phi) is 5.88. The first kappa shape index (κ1) is 18.3. The Bertz CT molecular complexity index is 798. The van der Waals surface area contributed by atoms with Crippen molar-refractivity contribution in [2.45, 2.75) is 13.0 Å². The number of carbonyl (C=O) groups excluding carboxylic acids is 2. The summed E-state index contributed by atoms with van der Waals surface area (Å²) in [5, 5.41) is 12.8. The topological polar surface area (TPSA) is 88.5 Å². The fourth-order valence-corrected chi connectivity index (χ4v) is 2.27. The van der Waals surface area contributed by atoms with Gasteiger partial charge in [0.15, 0.2) is 11.9 Å². The summed E-state index contributed by atoms with van der Waals surface area (Å²) in [4.78, 5) is 27.9. The molecule has 0 aliphatic rings. The number of carbonyl (C=O) groups is 2. The van der Waals surface area contributed by atoms with E-state index in [4.69, 9.17) is 39.5 Å². The number of anilines is 1. The second-order valence-electron chi connectivity index (χ2n) is 4.68. The van der Waals surface area contributed by atoms with E-state index in [0.717, 1.165) is 0 Å². The molecule has 1 aromatic heterocycles. The lowest BCUT2D eigenvalue weighted by molar-refractivity contribution is -0.123. The average molecular weight is 390 g/mol. The van der Waals surface area contributed by atoms with Crippen molar-refractivity contribution in [3.05, 3.63) is 51.1 Å². The van der Waals surface area contributed by atoms with Crippen molar-refractivity contribution < 1.29 is 19.4 Å². The van der Waals surface area contributed by atoms with Crippen molar-refractivity contribution in [2.75, 3.05) is 5.32 Å². The molecule has 0 saturated carbocycles. The van der Waals surface area contributed by atoms with Crippen molar-refractivity contribution in [3.8, 4) is 5.75 Å². The number of aromatic hydroxyl groups is 1. The number of rotatable bonds is 4. The van der Waals surface area contributed by atoms with Crippen molar-refractivity contribution >= 4 is 52.5 Å². The summed E-state index contributed by atoms with van der Waals surface area (Å²) in [5.41, 5.74) is -0.110. The molecule has 1 atom stereocenters. The van der Waals surface area contributed by atoms with E-state index in [1.807, 2.05) is 0 Å². The molecule has 0 aliphatic heterocycles. The standard InChI is InChI=1S/C15H11Cl3N2O4/c1-7(14(22)20-13-11(18)4-9(17)6-19-13)24-15(23)10-3-2-8(16)5-12(10)21/h2-7,21H,1H3,(H,19,20,22). The van der Waals surface area contributed by atoms with Crippen LogP contribution in [0.1, 0.15) is 17.3 Å². The highest BCUT2D eigenvalue weighted by Crippen LogP contribution is 2.24. The second kappa shape index (κ2) is 7.70. The number of phenolic OH excluding ortho intramolecular Hbond substituents is 1. The number of nitrogens with zero attached hydrogens (tertiary/aromatic N) is 1. The van der Waals surface area contributed by atoms with Crippen molar-refractivity contribution in [1.82, 2.24) is 4.98 Å². The van der Waals surface area contributed by atoms with E-state index in [1.54, 1.807) is 0 Å². The zero-order valence-corrected chi connectivity index (χ0v) is 14.5. The molecule has 2 aromatic rings. The first-order valence-electron chi connectivity index (χ1n) is 6.59. The van der Waals surface area contributed by atoms with Gasteiger partial charge in [-0.2, -0.15) is 0 Å². The van der Waals surface area contributed by atoms with E-state index in [0.29, 0.717) is 5.02 Å². The molecule has 1 amide bonds. The summed E-state index contributed by atoms with van der Waals surface area (Å²) in [5.74, 6) is -1.78. The third-order valence-electron chi connectivity index (χ3n) is 2.88. The van der Waals surface area contributed by atoms with Gasteiger partial charge in [-0.3, -0.25) is 4.79 Å². The van der Waals surface area contributed by atoms with E-state index in [9.17, 15) is 14.7 Å². The Balaban J connectivity index is 2.04. The van der Waals surface area contributed by atoms with E-state index in [2.05, 4.69) is 10.3 Å². The highest BCUT2D eigenvalue weighted by atomic mass is 35.5. The molecule has 6 nitrogen and oxygen atoms in total. The van der Waals surface area contributed by atoms with Crippen molar-refractivity contribution in [3.63, 3.8) is 0 Å². The van der Waals surface area contributed by atoms with Crippen LogP contribution < -0.4 is 5.32 Å². The number of esters is 1. The summed E-state index contributed by atoms with van der Waals surface area (Å²) in [6, 6.07) is 5.32. The van der Waals surface area contributed by atoms with Crippen LogP contribution in [-0.4, -0.2) is 28.1 Å². The first-order chi connectivity index (χ1) is 11.3. The zero-order chi connectivity index (χ0) is 17.9. The monoisotopic (exact) mass is 388 g/mol. The third kappa shape index (κ3) is 4.50. The lowest BCUT2D eigenvalue weighted by Crippen LogP contribution is -2.30. The Labute approximate surface area is 152 Å². The van der Waals surface area contributed by atoms with Crippen LogP contribution in [0.4, 0.5) is 5.82 Å². The number of hydrogen-bond donors (Lipinski definition) is 2. The van der Waals surface area contributed by atoms with Gasteiger partial charge in [0, 0.05) is 11.2 Å². The molecule has 0 aliphatic carbocycles. The maximum Gasteiger partial charge on any atom is 0.342 e. The number of phenols is 1. The molecule has 126 valence electrons. The molecule has 0 bridgehead atoms. The molecule has 0 saturated heterocycles. The lowest BCUT2D eigenvalue weighted by atomic mass is 10.2. The van der Waals surface area contributed by atoms with Crippen molar-refractivity contribution in [2.24, 2.45) is 0 Å². The molecule has 1 unspecified atom stereocenters. The minimum Gasteiger partial charge on any atom is -0.507 e. The van der Waals surface area contributed by atoms with Gasteiger partial charge in [-0.15, -0.1) is 0 Å². The molecule has 1 aromatic carbocycles. The van der Waals surface area contributed by atoms with Crippen LogP contribution in [0, 0.1) is 0 Å². The number of aromatic nitrogens is 1. The van der Waals surface area contributed by atoms with Gasteiger partial charge in [0.05, 0.1) is 10.0 Å². The van der Waals surface area contributed by atoms with Gasteiger partial charge in [0.1, 0.15) is 11.3 Å². The maximum atomic E-state index is 12.1. The number of amides is 1. The van der Waals surface area contributed by atoms with E-state index in [1.165, 1.54) is 37.4 Å². The van der Waals surface area contributed by atoms with Crippen LogP contribution in [0.15, 0.2) is 30.5 Å². The lowest BCUT2D eigenvalue weighted by Gasteiger charge is -2.14. The molecular formula is C15H11Cl3N2O4. The van der Waals surface area contributed by atoms with Gasteiger partial charge in [-0.05, 0) is 31.2 Å². The fourth-order valence-electron chi connectivity index (χ4n) is 1.68. The van der Waals surface area contributed by atoms with Gasteiger partial charge in [0.2, 0.25) is 0 Å². The van der Waals surface area contributed by atoms with E-state index < -0.39 is 18.0 Å². The molecule has 2 rings (SSSR count). The van der Waals surface area contributed by atoms with Crippen LogP contribution in [0.25, 0.3) is 0 Å².